The molecule has 1 N–H and O–H groups in total. The predicted octanol–water partition coefficient (Wildman–Crippen LogP) is 2.65. The fourth-order valence-electron chi connectivity index (χ4n) is 2.59. The van der Waals surface area contributed by atoms with Crippen LogP contribution in [0.5, 0.6) is 0 Å². The van der Waals surface area contributed by atoms with Crippen LogP contribution in [0, 0.1) is 5.92 Å². The highest BCUT2D eigenvalue weighted by Gasteiger charge is 2.19. The average Bonchev–Trinajstić information content (AvgIpc) is 2.50. The lowest BCUT2D eigenvalue weighted by molar-refractivity contribution is 0.172. The molecule has 0 bridgehead atoms. The molecule has 1 aliphatic heterocycles. The molecule has 0 spiro atoms. The van der Waals surface area contributed by atoms with Gasteiger partial charge in [-0.25, -0.2) is 0 Å². The molecular weight excluding hydrogens is 387 g/mol. The van der Waals surface area contributed by atoms with Crippen molar-refractivity contribution in [3.8, 4) is 0 Å². The highest BCUT2D eigenvalue weighted by Crippen LogP contribution is 2.08. The highest BCUT2D eigenvalue weighted by atomic mass is 127. The predicted molar refractivity (Wildman–Crippen MR) is 105 cm³/mol. The van der Waals surface area contributed by atoms with Crippen molar-refractivity contribution in [2.24, 2.45) is 10.9 Å². The third-order valence-corrected chi connectivity index (χ3v) is 3.80. The molecule has 0 radical (unpaired) electrons. The molecule has 4 nitrogen and oxygen atoms in total. The summed E-state index contributed by atoms with van der Waals surface area (Å²) < 4.78 is 0. The average molecular weight is 416 g/mol. The van der Waals surface area contributed by atoms with Crippen LogP contribution in [0.1, 0.15) is 19.4 Å². The van der Waals surface area contributed by atoms with Gasteiger partial charge in [0.1, 0.15) is 0 Å². The second-order valence-electron chi connectivity index (χ2n) is 6.07. The van der Waals surface area contributed by atoms with Gasteiger partial charge in [0, 0.05) is 46.3 Å². The highest BCUT2D eigenvalue weighted by molar-refractivity contribution is 14.0. The van der Waals surface area contributed by atoms with Crippen LogP contribution in [0.4, 0.5) is 0 Å². The zero-order valence-electron chi connectivity index (χ0n) is 14.0. The fourth-order valence-corrected chi connectivity index (χ4v) is 2.59. The van der Waals surface area contributed by atoms with E-state index < -0.39 is 0 Å². The molecule has 0 aliphatic carbocycles. The summed E-state index contributed by atoms with van der Waals surface area (Å²) in [7, 11) is 1.87. The first-order chi connectivity index (χ1) is 10.2. The number of piperazine rings is 1. The summed E-state index contributed by atoms with van der Waals surface area (Å²) in [6, 6.07) is 10.7. The van der Waals surface area contributed by atoms with Crippen LogP contribution in [-0.2, 0) is 6.54 Å². The Morgan fingerprint density at radius 1 is 1.14 bits per heavy atom. The standard InChI is InChI=1S/C17H28N4.HI/c1-15(2)13-19-17(18-3)21-11-9-20(10-12-21)14-16-7-5-4-6-8-16;/h4-8,15H,9-14H2,1-3H3,(H,18,19);1H. The number of nitrogens with one attached hydrogen (secondary N) is 1. The zero-order valence-corrected chi connectivity index (χ0v) is 16.3. The number of halogens is 1. The smallest absolute Gasteiger partial charge is 0.193 e. The quantitative estimate of drug-likeness (QED) is 0.465. The lowest BCUT2D eigenvalue weighted by atomic mass is 10.2. The summed E-state index contributed by atoms with van der Waals surface area (Å²) >= 11 is 0. The molecule has 2 rings (SSSR count). The maximum atomic E-state index is 4.41. The molecule has 0 saturated carbocycles. The summed E-state index contributed by atoms with van der Waals surface area (Å²) in [4.78, 5) is 9.29. The summed E-state index contributed by atoms with van der Waals surface area (Å²) in [5, 5.41) is 3.46. The number of benzene rings is 1. The molecule has 124 valence electrons. The summed E-state index contributed by atoms with van der Waals surface area (Å²) in [5.74, 6) is 1.68. The van der Waals surface area contributed by atoms with Crippen molar-refractivity contribution in [1.82, 2.24) is 15.1 Å². The van der Waals surface area contributed by atoms with Crippen LogP contribution in [0.25, 0.3) is 0 Å². The van der Waals surface area contributed by atoms with Crippen LogP contribution in [-0.4, -0.2) is 55.5 Å². The first-order valence-corrected chi connectivity index (χ1v) is 7.91. The van der Waals surface area contributed by atoms with Gasteiger partial charge in [-0.2, -0.15) is 0 Å². The van der Waals surface area contributed by atoms with Gasteiger partial charge in [0.15, 0.2) is 5.96 Å². The third kappa shape index (κ3) is 6.12. The van der Waals surface area contributed by atoms with Crippen LogP contribution in [0.2, 0.25) is 0 Å². The van der Waals surface area contributed by atoms with Crippen molar-refractivity contribution < 1.29 is 0 Å². The van der Waals surface area contributed by atoms with Gasteiger partial charge in [0.25, 0.3) is 0 Å². The molecule has 0 amide bonds. The van der Waals surface area contributed by atoms with Crippen molar-refractivity contribution in [1.29, 1.82) is 0 Å². The lowest BCUT2D eigenvalue weighted by Crippen LogP contribution is -2.52. The van der Waals surface area contributed by atoms with Crippen LogP contribution in [0.3, 0.4) is 0 Å². The van der Waals surface area contributed by atoms with E-state index in [1.165, 1.54) is 5.56 Å². The topological polar surface area (TPSA) is 30.9 Å². The van der Waals surface area contributed by atoms with E-state index in [0.29, 0.717) is 5.92 Å². The number of hydrogen-bond donors (Lipinski definition) is 1. The number of guanidine groups is 1. The Kier molecular flexibility index (Phi) is 8.78. The minimum atomic E-state index is 0. The number of nitrogens with zero attached hydrogens (tertiary/aromatic N) is 3. The van der Waals surface area contributed by atoms with E-state index in [0.717, 1.165) is 45.2 Å². The summed E-state index contributed by atoms with van der Waals surface area (Å²) in [5.41, 5.74) is 1.40. The number of aliphatic imine (C=N–C) groups is 1. The normalized spacial score (nSPS) is 16.5. The largest absolute Gasteiger partial charge is 0.356 e. The Morgan fingerprint density at radius 3 is 2.32 bits per heavy atom. The van der Waals surface area contributed by atoms with Crippen LogP contribution >= 0.6 is 24.0 Å². The Morgan fingerprint density at radius 2 is 1.77 bits per heavy atom. The van der Waals surface area contributed by atoms with Gasteiger partial charge < -0.3 is 10.2 Å². The van der Waals surface area contributed by atoms with E-state index in [4.69, 9.17) is 0 Å². The van der Waals surface area contributed by atoms with Crippen molar-refractivity contribution in [3.63, 3.8) is 0 Å². The molecule has 1 aliphatic rings. The second kappa shape index (κ2) is 10.0. The van der Waals surface area contributed by atoms with Gasteiger partial charge in [-0.3, -0.25) is 9.89 Å². The molecule has 22 heavy (non-hydrogen) atoms. The maximum absolute atomic E-state index is 4.41. The zero-order chi connectivity index (χ0) is 15.1. The second-order valence-corrected chi connectivity index (χ2v) is 6.07. The molecule has 0 aromatic heterocycles. The van der Waals surface area contributed by atoms with E-state index in [2.05, 4.69) is 64.3 Å². The first-order valence-electron chi connectivity index (χ1n) is 7.91. The van der Waals surface area contributed by atoms with E-state index >= 15 is 0 Å². The van der Waals surface area contributed by atoms with Crippen molar-refractivity contribution in [2.75, 3.05) is 39.8 Å². The minimum absolute atomic E-state index is 0. The SMILES string of the molecule is CN=C(NCC(C)C)N1CCN(Cc2ccccc2)CC1.I. The van der Waals surface area contributed by atoms with Gasteiger partial charge in [-0.1, -0.05) is 44.2 Å². The van der Waals surface area contributed by atoms with Gasteiger partial charge in [-0.15, -0.1) is 24.0 Å². The van der Waals surface area contributed by atoms with Gasteiger partial charge >= 0.3 is 0 Å². The van der Waals surface area contributed by atoms with Gasteiger partial charge in [0.05, 0.1) is 0 Å². The number of hydrogen-bond acceptors (Lipinski definition) is 2. The van der Waals surface area contributed by atoms with Crippen LogP contribution in [0.15, 0.2) is 35.3 Å². The third-order valence-electron chi connectivity index (χ3n) is 3.80. The fraction of sp³-hybridized carbons (Fsp3) is 0.588. The van der Waals surface area contributed by atoms with Crippen LogP contribution < -0.4 is 5.32 Å². The van der Waals surface area contributed by atoms with E-state index in [1.807, 2.05) is 7.05 Å². The first kappa shape index (κ1) is 19.2. The maximum Gasteiger partial charge on any atom is 0.193 e. The minimum Gasteiger partial charge on any atom is -0.356 e. The Labute approximate surface area is 152 Å². The molecule has 5 heteroatoms. The molecular formula is C17H29IN4. The monoisotopic (exact) mass is 416 g/mol. The molecule has 0 unspecified atom stereocenters. The lowest BCUT2D eigenvalue weighted by Gasteiger charge is -2.36. The molecule has 1 aromatic carbocycles. The number of rotatable bonds is 4. The summed E-state index contributed by atoms with van der Waals surface area (Å²) in [6.07, 6.45) is 0. The molecule has 1 heterocycles. The Balaban J connectivity index is 0.00000242. The van der Waals surface area contributed by atoms with Crippen molar-refractivity contribution in [2.45, 2.75) is 20.4 Å². The van der Waals surface area contributed by atoms with E-state index in [-0.39, 0.29) is 24.0 Å². The molecule has 1 saturated heterocycles. The van der Waals surface area contributed by atoms with E-state index in [1.54, 1.807) is 0 Å². The Bertz CT molecular complexity index is 439. The molecule has 0 atom stereocenters. The van der Waals surface area contributed by atoms with E-state index in [9.17, 15) is 0 Å². The summed E-state index contributed by atoms with van der Waals surface area (Å²) in [6.45, 7) is 10.8. The van der Waals surface area contributed by atoms with Crippen molar-refractivity contribution >= 4 is 29.9 Å². The van der Waals surface area contributed by atoms with Gasteiger partial charge in [-0.05, 0) is 11.5 Å². The van der Waals surface area contributed by atoms with Crippen molar-refractivity contribution in [3.05, 3.63) is 35.9 Å². The molecule has 1 aromatic rings. The molecule has 1 fully saturated rings. The Hall–Kier alpha value is -0.820. The van der Waals surface area contributed by atoms with Gasteiger partial charge in [0.2, 0.25) is 0 Å².